The molecule has 1 amide bonds. The van der Waals surface area contributed by atoms with Crippen molar-refractivity contribution in [1.29, 1.82) is 0 Å². The summed E-state index contributed by atoms with van der Waals surface area (Å²) in [6.45, 7) is 4.43. The lowest BCUT2D eigenvalue weighted by Crippen LogP contribution is -2.43. The monoisotopic (exact) mass is 352 g/mol. The second kappa shape index (κ2) is 7.77. The standard InChI is InChI=1S/C14H20N6O3S/c1-10-15-11(9-24-10)7-13(21)19-3-6-23-12(8-19)14-16-18-20(17-14)4-5-22-2/h9,12H,3-8H2,1-2H3. The van der Waals surface area contributed by atoms with Crippen LogP contribution in [0.3, 0.4) is 0 Å². The van der Waals surface area contributed by atoms with Gasteiger partial charge in [0.05, 0.1) is 43.4 Å². The van der Waals surface area contributed by atoms with E-state index in [1.807, 2.05) is 12.3 Å². The minimum atomic E-state index is -0.351. The quantitative estimate of drug-likeness (QED) is 0.734. The second-order valence-electron chi connectivity index (χ2n) is 5.47. The molecule has 0 aromatic carbocycles. The molecular weight excluding hydrogens is 332 g/mol. The fraction of sp³-hybridized carbons (Fsp3) is 0.643. The molecule has 0 aliphatic carbocycles. The predicted molar refractivity (Wildman–Crippen MR) is 85.5 cm³/mol. The van der Waals surface area contributed by atoms with Gasteiger partial charge in [-0.15, -0.1) is 21.5 Å². The van der Waals surface area contributed by atoms with Gasteiger partial charge in [-0.05, 0) is 12.1 Å². The molecule has 2 aromatic rings. The Labute approximate surface area is 143 Å². The summed E-state index contributed by atoms with van der Waals surface area (Å²) in [5.41, 5.74) is 0.814. The first-order chi connectivity index (χ1) is 11.7. The first kappa shape index (κ1) is 16.9. The smallest absolute Gasteiger partial charge is 0.228 e. The molecule has 3 heterocycles. The molecule has 130 valence electrons. The average molecular weight is 352 g/mol. The van der Waals surface area contributed by atoms with Crippen LogP contribution in [0.4, 0.5) is 0 Å². The van der Waals surface area contributed by atoms with E-state index in [1.165, 1.54) is 4.80 Å². The van der Waals surface area contributed by atoms with Gasteiger partial charge in [0.1, 0.15) is 6.10 Å². The molecule has 9 nitrogen and oxygen atoms in total. The molecule has 0 radical (unpaired) electrons. The normalized spacial score (nSPS) is 18.1. The van der Waals surface area contributed by atoms with Gasteiger partial charge >= 0.3 is 0 Å². The van der Waals surface area contributed by atoms with Crippen LogP contribution in [0.2, 0.25) is 0 Å². The molecule has 1 fully saturated rings. The molecule has 1 aliphatic heterocycles. The molecule has 10 heteroatoms. The summed E-state index contributed by atoms with van der Waals surface area (Å²) in [7, 11) is 1.62. The number of tetrazole rings is 1. The van der Waals surface area contributed by atoms with Crippen molar-refractivity contribution >= 4 is 17.2 Å². The van der Waals surface area contributed by atoms with Gasteiger partial charge in [0.2, 0.25) is 11.7 Å². The van der Waals surface area contributed by atoms with E-state index in [-0.39, 0.29) is 12.0 Å². The maximum Gasteiger partial charge on any atom is 0.228 e. The lowest BCUT2D eigenvalue weighted by Gasteiger charge is -2.31. The van der Waals surface area contributed by atoms with E-state index in [0.717, 1.165) is 10.7 Å². The van der Waals surface area contributed by atoms with Crippen molar-refractivity contribution in [3.8, 4) is 0 Å². The number of amides is 1. The van der Waals surface area contributed by atoms with Crippen molar-refractivity contribution in [3.63, 3.8) is 0 Å². The lowest BCUT2D eigenvalue weighted by atomic mass is 10.2. The lowest BCUT2D eigenvalue weighted by molar-refractivity contribution is -0.138. The highest BCUT2D eigenvalue weighted by Crippen LogP contribution is 2.19. The predicted octanol–water partition coefficient (Wildman–Crippen LogP) is 0.227. The summed E-state index contributed by atoms with van der Waals surface area (Å²) in [5.74, 6) is 0.536. The third-order valence-electron chi connectivity index (χ3n) is 3.67. The number of rotatable bonds is 6. The summed E-state index contributed by atoms with van der Waals surface area (Å²) in [6, 6.07) is 0. The fourth-order valence-corrected chi connectivity index (χ4v) is 3.05. The van der Waals surface area contributed by atoms with Crippen molar-refractivity contribution in [2.75, 3.05) is 33.4 Å². The SMILES string of the molecule is COCCn1nnc(C2CN(C(=O)Cc3csc(C)n3)CCO2)n1. The van der Waals surface area contributed by atoms with Gasteiger partial charge in [-0.1, -0.05) is 0 Å². The number of hydrogen-bond acceptors (Lipinski definition) is 8. The van der Waals surface area contributed by atoms with Crippen molar-refractivity contribution in [2.45, 2.75) is 26.0 Å². The average Bonchev–Trinajstić information content (AvgIpc) is 3.22. The number of hydrogen-bond donors (Lipinski definition) is 0. The van der Waals surface area contributed by atoms with Crippen LogP contribution in [0, 0.1) is 6.92 Å². The molecule has 1 aliphatic rings. The van der Waals surface area contributed by atoms with Gasteiger partial charge in [-0.25, -0.2) is 4.98 Å². The van der Waals surface area contributed by atoms with E-state index in [1.54, 1.807) is 23.3 Å². The summed E-state index contributed by atoms with van der Waals surface area (Å²) in [4.78, 5) is 20.1. The number of carbonyl (C=O) groups excluding carboxylic acids is 1. The van der Waals surface area contributed by atoms with Gasteiger partial charge in [-0.2, -0.15) is 4.80 Å². The Bertz CT molecular complexity index is 688. The third-order valence-corrected chi connectivity index (χ3v) is 4.49. The van der Waals surface area contributed by atoms with Gasteiger partial charge in [0.15, 0.2) is 0 Å². The first-order valence-corrected chi connectivity index (χ1v) is 8.60. The number of methoxy groups -OCH3 is 1. The molecule has 3 rings (SSSR count). The minimum Gasteiger partial charge on any atom is -0.383 e. The number of nitrogens with zero attached hydrogens (tertiary/aromatic N) is 6. The van der Waals surface area contributed by atoms with E-state index in [4.69, 9.17) is 9.47 Å². The highest BCUT2D eigenvalue weighted by atomic mass is 32.1. The zero-order valence-corrected chi connectivity index (χ0v) is 14.5. The van der Waals surface area contributed by atoms with Crippen LogP contribution >= 0.6 is 11.3 Å². The van der Waals surface area contributed by atoms with Crippen LogP contribution in [0.5, 0.6) is 0 Å². The number of thiazole rings is 1. The summed E-state index contributed by atoms with van der Waals surface area (Å²) >= 11 is 1.55. The maximum atomic E-state index is 12.5. The van der Waals surface area contributed by atoms with Crippen molar-refractivity contribution in [3.05, 3.63) is 21.9 Å². The van der Waals surface area contributed by atoms with Crippen LogP contribution in [0.15, 0.2) is 5.38 Å². The number of aryl methyl sites for hydroxylation is 1. The van der Waals surface area contributed by atoms with E-state index < -0.39 is 0 Å². The molecule has 0 spiro atoms. The Kier molecular flexibility index (Phi) is 5.48. The Morgan fingerprint density at radius 3 is 3.17 bits per heavy atom. The zero-order chi connectivity index (χ0) is 16.9. The number of carbonyl (C=O) groups is 1. The Morgan fingerprint density at radius 1 is 1.54 bits per heavy atom. The van der Waals surface area contributed by atoms with Gasteiger partial charge in [0, 0.05) is 19.0 Å². The van der Waals surface area contributed by atoms with Crippen LogP contribution < -0.4 is 0 Å². The fourth-order valence-electron chi connectivity index (χ4n) is 2.44. The van der Waals surface area contributed by atoms with Gasteiger partial charge in [-0.3, -0.25) is 4.79 Å². The molecule has 0 bridgehead atoms. The largest absolute Gasteiger partial charge is 0.383 e. The van der Waals surface area contributed by atoms with E-state index in [2.05, 4.69) is 20.4 Å². The summed E-state index contributed by atoms with van der Waals surface area (Å²) < 4.78 is 10.7. The highest BCUT2D eigenvalue weighted by Gasteiger charge is 2.28. The van der Waals surface area contributed by atoms with E-state index in [0.29, 0.717) is 45.1 Å². The molecule has 1 atom stereocenters. The van der Waals surface area contributed by atoms with Crippen LogP contribution in [0.1, 0.15) is 22.6 Å². The van der Waals surface area contributed by atoms with Crippen LogP contribution in [-0.2, 0) is 27.2 Å². The Hall–Kier alpha value is -1.91. The van der Waals surface area contributed by atoms with Crippen LogP contribution in [-0.4, -0.2) is 69.4 Å². The molecule has 0 N–H and O–H groups in total. The van der Waals surface area contributed by atoms with Crippen molar-refractivity contribution in [2.24, 2.45) is 0 Å². The maximum absolute atomic E-state index is 12.5. The Morgan fingerprint density at radius 2 is 2.42 bits per heavy atom. The first-order valence-electron chi connectivity index (χ1n) is 7.72. The van der Waals surface area contributed by atoms with E-state index in [9.17, 15) is 4.79 Å². The van der Waals surface area contributed by atoms with E-state index >= 15 is 0 Å². The topological polar surface area (TPSA) is 95.3 Å². The van der Waals surface area contributed by atoms with Gasteiger partial charge < -0.3 is 14.4 Å². The van der Waals surface area contributed by atoms with Gasteiger partial charge in [0.25, 0.3) is 0 Å². The summed E-state index contributed by atoms with van der Waals surface area (Å²) in [6.07, 6.45) is -0.0402. The Balaban J connectivity index is 1.59. The highest BCUT2D eigenvalue weighted by molar-refractivity contribution is 7.09. The number of ether oxygens (including phenoxy) is 2. The molecular formula is C14H20N6O3S. The molecule has 0 saturated carbocycles. The second-order valence-corrected chi connectivity index (χ2v) is 6.53. The number of aromatic nitrogens is 5. The molecule has 1 unspecified atom stereocenters. The summed E-state index contributed by atoms with van der Waals surface area (Å²) in [5, 5.41) is 15.2. The molecule has 24 heavy (non-hydrogen) atoms. The van der Waals surface area contributed by atoms with Crippen molar-refractivity contribution in [1.82, 2.24) is 30.1 Å². The zero-order valence-electron chi connectivity index (χ0n) is 13.7. The van der Waals surface area contributed by atoms with Crippen LogP contribution in [0.25, 0.3) is 0 Å². The third kappa shape index (κ3) is 4.13. The number of morpholine rings is 1. The molecule has 1 saturated heterocycles. The van der Waals surface area contributed by atoms with Crippen molar-refractivity contribution < 1.29 is 14.3 Å². The minimum absolute atomic E-state index is 0.0420. The molecule has 2 aromatic heterocycles.